The van der Waals surface area contributed by atoms with Crippen LogP contribution in [-0.2, 0) is 16.6 Å². The summed E-state index contributed by atoms with van der Waals surface area (Å²) in [5, 5.41) is 11.8. The van der Waals surface area contributed by atoms with Gasteiger partial charge < -0.3 is 9.88 Å². The number of hydrogen-bond donors (Lipinski definition) is 2. The first-order valence-corrected chi connectivity index (χ1v) is 14.9. The van der Waals surface area contributed by atoms with Crippen LogP contribution in [0, 0.1) is 5.92 Å². The third-order valence-corrected chi connectivity index (χ3v) is 9.39. The molecule has 0 radical (unpaired) electrons. The average molecular weight is 578 g/mol. The number of rotatable bonds is 7. The Kier molecular flexibility index (Phi) is 5.79. The van der Waals surface area contributed by atoms with E-state index in [-0.39, 0.29) is 29.9 Å². The highest BCUT2D eigenvalue weighted by Gasteiger charge is 2.44. The molecule has 43 heavy (non-hydrogen) atoms. The van der Waals surface area contributed by atoms with Crippen LogP contribution in [0.25, 0.3) is 22.2 Å². The van der Waals surface area contributed by atoms with E-state index in [9.17, 15) is 19.2 Å². The Balaban J connectivity index is 0.925. The Labute approximate surface area is 247 Å². The van der Waals surface area contributed by atoms with Gasteiger partial charge in [0.15, 0.2) is 0 Å². The number of aromatic nitrogens is 4. The van der Waals surface area contributed by atoms with Crippen LogP contribution in [0.5, 0.6) is 0 Å². The van der Waals surface area contributed by atoms with Gasteiger partial charge in [-0.05, 0) is 68.4 Å². The number of hydrogen-bond acceptors (Lipinski definition) is 7. The smallest absolute Gasteiger partial charge is 0.262 e. The predicted octanol–water partition coefficient (Wildman–Crippen LogP) is 3.78. The molecule has 0 spiro atoms. The predicted molar refractivity (Wildman–Crippen MR) is 157 cm³/mol. The zero-order valence-electron chi connectivity index (χ0n) is 23.7. The maximum Gasteiger partial charge on any atom is 0.262 e. The molecule has 11 nitrogen and oxygen atoms in total. The summed E-state index contributed by atoms with van der Waals surface area (Å²) in [4.78, 5) is 55.7. The van der Waals surface area contributed by atoms with Gasteiger partial charge in [-0.15, -0.1) is 0 Å². The van der Waals surface area contributed by atoms with Gasteiger partial charge in [0.25, 0.3) is 11.8 Å². The number of aryl methyl sites for hydroxylation is 1. The number of benzene rings is 1. The number of carbonyl (C=O) groups excluding carboxylic acids is 4. The Bertz CT molecular complexity index is 1850. The molecule has 4 aromatic rings. The second-order valence-electron chi connectivity index (χ2n) is 12.3. The van der Waals surface area contributed by atoms with E-state index in [0.29, 0.717) is 17.9 Å². The van der Waals surface area contributed by atoms with Crippen LogP contribution in [-0.4, -0.2) is 60.4 Å². The number of anilines is 1. The number of nitrogens with one attached hydrogen (secondary N) is 2. The first-order valence-electron chi connectivity index (χ1n) is 14.9. The molecular weight excluding hydrogens is 546 g/mol. The Morgan fingerprint density at radius 2 is 1.79 bits per heavy atom. The van der Waals surface area contributed by atoms with Gasteiger partial charge in [0.05, 0.1) is 34.1 Å². The zero-order chi connectivity index (χ0) is 29.4. The van der Waals surface area contributed by atoms with E-state index in [0.717, 1.165) is 57.8 Å². The first-order chi connectivity index (χ1) is 20.8. The van der Waals surface area contributed by atoms with Crippen molar-refractivity contribution in [3.8, 4) is 11.3 Å². The molecule has 1 aromatic carbocycles. The summed E-state index contributed by atoms with van der Waals surface area (Å²) in [6.07, 6.45) is 10.8. The number of piperidine rings is 1. The molecule has 0 bridgehead atoms. The van der Waals surface area contributed by atoms with Crippen molar-refractivity contribution in [1.82, 2.24) is 29.5 Å². The lowest BCUT2D eigenvalue weighted by molar-refractivity contribution is -0.136. The largest absolute Gasteiger partial charge is 0.385 e. The minimum Gasteiger partial charge on any atom is -0.385 e. The quantitative estimate of drug-likeness (QED) is 0.320. The molecule has 3 fully saturated rings. The molecule has 8 rings (SSSR count). The van der Waals surface area contributed by atoms with Crippen molar-refractivity contribution in [1.29, 1.82) is 0 Å². The van der Waals surface area contributed by atoms with Gasteiger partial charge in [-0.3, -0.25) is 39.1 Å². The topological polar surface area (TPSA) is 131 Å². The fourth-order valence-electron chi connectivity index (χ4n) is 6.68. The monoisotopic (exact) mass is 577 g/mol. The highest BCUT2D eigenvalue weighted by Crippen LogP contribution is 2.46. The van der Waals surface area contributed by atoms with Crippen molar-refractivity contribution < 1.29 is 19.2 Å². The number of carbonyl (C=O) groups is 4. The number of pyridine rings is 1. The number of fused-ring (bicyclic) bond motifs is 2. The summed E-state index contributed by atoms with van der Waals surface area (Å²) >= 11 is 0. The van der Waals surface area contributed by atoms with E-state index in [1.54, 1.807) is 18.2 Å². The molecule has 11 heteroatoms. The third-order valence-electron chi connectivity index (χ3n) is 9.39. The summed E-state index contributed by atoms with van der Waals surface area (Å²) < 4.78 is 4.26. The van der Waals surface area contributed by atoms with Crippen LogP contribution < -0.4 is 10.6 Å². The standard InChI is InChI=1S/C32H31N7O4/c1-37-9-8-19-15-34-25(13-27(19)37)24-16-38(36-29(24)18-2-3-18)21-10-17(11-21)14-33-20-4-5-22-23(12-20)32(43)39(31(22)42)26-6-7-28(40)35-30(26)41/h4-5,8-9,12-13,15-18,21,26,33H,2-3,6-7,10-11,14H2,1H3,(H,35,40,41)/t17-,21-,26?. The molecule has 3 aromatic heterocycles. The van der Waals surface area contributed by atoms with E-state index in [2.05, 4.69) is 51.5 Å². The minimum atomic E-state index is -0.964. The van der Waals surface area contributed by atoms with Gasteiger partial charge >= 0.3 is 0 Å². The minimum absolute atomic E-state index is 0.0982. The Hall–Kier alpha value is -4.80. The van der Waals surface area contributed by atoms with Crippen molar-refractivity contribution in [2.45, 2.75) is 56.5 Å². The second kappa shape index (κ2) is 9.62. The maximum absolute atomic E-state index is 13.1. The van der Waals surface area contributed by atoms with Crippen molar-refractivity contribution in [2.75, 3.05) is 11.9 Å². The van der Waals surface area contributed by atoms with Crippen LogP contribution in [0.15, 0.2) is 48.9 Å². The Morgan fingerprint density at radius 1 is 0.977 bits per heavy atom. The molecule has 1 atom stereocenters. The molecule has 1 unspecified atom stereocenters. The summed E-state index contributed by atoms with van der Waals surface area (Å²) in [7, 11) is 2.05. The number of imide groups is 2. The van der Waals surface area contributed by atoms with Gasteiger partial charge in [-0.1, -0.05) is 0 Å². The highest BCUT2D eigenvalue weighted by atomic mass is 16.2. The van der Waals surface area contributed by atoms with Crippen LogP contribution in [0.3, 0.4) is 0 Å². The van der Waals surface area contributed by atoms with E-state index < -0.39 is 23.8 Å². The van der Waals surface area contributed by atoms with E-state index >= 15 is 0 Å². The summed E-state index contributed by atoms with van der Waals surface area (Å²) in [5.74, 6) is -1.02. The zero-order valence-corrected chi connectivity index (χ0v) is 23.7. The van der Waals surface area contributed by atoms with Gasteiger partial charge in [-0.2, -0.15) is 5.10 Å². The summed E-state index contributed by atoms with van der Waals surface area (Å²) in [6.45, 7) is 0.740. The van der Waals surface area contributed by atoms with Crippen LogP contribution in [0.2, 0.25) is 0 Å². The molecule has 1 saturated heterocycles. The molecular formula is C32H31N7O4. The number of amides is 4. The molecule has 4 amide bonds. The normalized spacial score (nSPS) is 23.5. The SMILES string of the molecule is Cn1ccc2cnc(-c3cn([C@H]4C[C@H](CNc5ccc6c(c5)C(=O)N(C5CCC(=O)NC5=O)C6=O)C4)nc3C3CC3)cc21. The van der Waals surface area contributed by atoms with Crippen molar-refractivity contribution >= 4 is 40.2 Å². The Morgan fingerprint density at radius 3 is 2.58 bits per heavy atom. The highest BCUT2D eigenvalue weighted by molar-refractivity contribution is 6.23. The van der Waals surface area contributed by atoms with Crippen molar-refractivity contribution in [3.63, 3.8) is 0 Å². The fourth-order valence-corrected chi connectivity index (χ4v) is 6.68. The third kappa shape index (κ3) is 4.33. The van der Waals surface area contributed by atoms with Crippen LogP contribution in [0.4, 0.5) is 5.69 Å². The average Bonchev–Trinajstić information content (AvgIpc) is 3.56. The lowest BCUT2D eigenvalue weighted by Crippen LogP contribution is -2.54. The van der Waals surface area contributed by atoms with E-state index in [4.69, 9.17) is 10.1 Å². The second-order valence-corrected chi connectivity index (χ2v) is 12.3. The van der Waals surface area contributed by atoms with Crippen LogP contribution >= 0.6 is 0 Å². The first kappa shape index (κ1) is 25.9. The summed E-state index contributed by atoms with van der Waals surface area (Å²) in [6, 6.07) is 8.73. The number of nitrogens with zero attached hydrogens (tertiary/aromatic N) is 5. The van der Waals surface area contributed by atoms with Gasteiger partial charge in [0.2, 0.25) is 11.8 Å². The molecule has 2 aliphatic carbocycles. The van der Waals surface area contributed by atoms with Gasteiger partial charge in [-0.25, -0.2) is 0 Å². The summed E-state index contributed by atoms with van der Waals surface area (Å²) in [5.41, 5.74) is 5.75. The molecule has 2 aliphatic heterocycles. The van der Waals surface area contributed by atoms with Gasteiger partial charge in [0.1, 0.15) is 6.04 Å². The van der Waals surface area contributed by atoms with Crippen LogP contribution in [0.1, 0.15) is 76.9 Å². The van der Waals surface area contributed by atoms with E-state index in [1.165, 1.54) is 12.8 Å². The lowest BCUT2D eigenvalue weighted by Gasteiger charge is -2.35. The molecule has 2 saturated carbocycles. The molecule has 5 heterocycles. The molecule has 4 aliphatic rings. The van der Waals surface area contributed by atoms with Gasteiger partial charge in [0, 0.05) is 61.2 Å². The lowest BCUT2D eigenvalue weighted by atomic mass is 9.80. The van der Waals surface area contributed by atoms with Crippen molar-refractivity contribution in [3.05, 3.63) is 65.7 Å². The maximum atomic E-state index is 13.1. The van der Waals surface area contributed by atoms with E-state index in [1.807, 2.05) is 6.20 Å². The fraction of sp³-hybridized carbons (Fsp3) is 0.375. The molecule has 2 N–H and O–H groups in total. The van der Waals surface area contributed by atoms with Crippen molar-refractivity contribution in [2.24, 2.45) is 13.0 Å². The molecule has 218 valence electrons.